The normalized spacial score (nSPS) is 11.7. The van der Waals surface area contributed by atoms with Crippen LogP contribution in [-0.2, 0) is 16.6 Å². The number of hydrogen-bond acceptors (Lipinski definition) is 6. The zero-order valence-corrected chi connectivity index (χ0v) is 16.1. The number of aryl methyl sites for hydroxylation is 1. The average molecular weight is 394 g/mol. The Bertz CT molecular complexity index is 1070. The first-order valence-corrected chi connectivity index (χ1v) is 10.0. The second kappa shape index (κ2) is 7.10. The standard InChI is InChI=1S/C17H18N2O5S2/c1-10-13-8-11(23-3)4-6-14(13)24-16(10)17(20)19-9-12-5-7-15(25-12)26(21,22)18-2/h4-8,18H,9H2,1-3H3,(H,19,20). The van der Waals surface area contributed by atoms with Crippen molar-refractivity contribution in [3.8, 4) is 5.75 Å². The Kier molecular flexibility index (Phi) is 5.03. The van der Waals surface area contributed by atoms with E-state index in [1.807, 2.05) is 13.0 Å². The van der Waals surface area contributed by atoms with Crippen LogP contribution in [0, 0.1) is 6.92 Å². The van der Waals surface area contributed by atoms with Gasteiger partial charge in [-0.05, 0) is 44.3 Å². The molecule has 0 radical (unpaired) electrons. The molecule has 0 bridgehead atoms. The molecule has 0 spiro atoms. The highest BCUT2D eigenvalue weighted by atomic mass is 32.2. The molecule has 9 heteroatoms. The van der Waals surface area contributed by atoms with Crippen molar-refractivity contribution in [3.05, 3.63) is 46.5 Å². The highest BCUT2D eigenvalue weighted by molar-refractivity contribution is 7.91. The Morgan fingerprint density at radius 2 is 2.04 bits per heavy atom. The molecular weight excluding hydrogens is 376 g/mol. The molecule has 2 aromatic heterocycles. The van der Waals surface area contributed by atoms with Crippen LogP contribution in [0.5, 0.6) is 5.75 Å². The first-order chi connectivity index (χ1) is 12.4. The van der Waals surface area contributed by atoms with Gasteiger partial charge in [0.15, 0.2) is 5.76 Å². The van der Waals surface area contributed by atoms with Crippen LogP contribution in [0.1, 0.15) is 21.0 Å². The summed E-state index contributed by atoms with van der Waals surface area (Å²) >= 11 is 1.10. The molecule has 0 aliphatic heterocycles. The van der Waals surface area contributed by atoms with Gasteiger partial charge in [-0.3, -0.25) is 4.79 Å². The summed E-state index contributed by atoms with van der Waals surface area (Å²) in [5, 5.41) is 3.57. The molecule has 138 valence electrons. The Balaban J connectivity index is 1.77. The van der Waals surface area contributed by atoms with Crippen molar-refractivity contribution in [2.75, 3.05) is 14.2 Å². The Morgan fingerprint density at radius 1 is 1.27 bits per heavy atom. The van der Waals surface area contributed by atoms with Gasteiger partial charge in [0.25, 0.3) is 5.91 Å². The maximum atomic E-state index is 12.5. The molecule has 2 N–H and O–H groups in total. The van der Waals surface area contributed by atoms with E-state index in [0.29, 0.717) is 11.3 Å². The number of sulfonamides is 1. The summed E-state index contributed by atoms with van der Waals surface area (Å²) in [6, 6.07) is 8.52. The minimum atomic E-state index is -3.47. The molecule has 0 aliphatic carbocycles. The van der Waals surface area contributed by atoms with Crippen LogP contribution >= 0.6 is 11.3 Å². The number of carbonyl (C=O) groups is 1. The van der Waals surface area contributed by atoms with Gasteiger partial charge in [-0.15, -0.1) is 11.3 Å². The van der Waals surface area contributed by atoms with Gasteiger partial charge in [0, 0.05) is 15.8 Å². The summed E-state index contributed by atoms with van der Waals surface area (Å²) in [7, 11) is -0.539. The molecule has 0 aliphatic rings. The van der Waals surface area contributed by atoms with Gasteiger partial charge in [0.1, 0.15) is 15.5 Å². The number of carbonyl (C=O) groups excluding carboxylic acids is 1. The van der Waals surface area contributed by atoms with Crippen molar-refractivity contribution in [1.29, 1.82) is 0 Å². The van der Waals surface area contributed by atoms with Crippen molar-refractivity contribution < 1.29 is 22.4 Å². The molecule has 0 saturated heterocycles. The Labute approximate surface area is 155 Å². The molecule has 0 atom stereocenters. The number of methoxy groups -OCH3 is 1. The number of thiophene rings is 1. The molecule has 7 nitrogen and oxygen atoms in total. The van der Waals surface area contributed by atoms with E-state index in [4.69, 9.17) is 9.15 Å². The average Bonchev–Trinajstić information content (AvgIpc) is 3.25. The molecular formula is C17H18N2O5S2. The first kappa shape index (κ1) is 18.4. The fourth-order valence-electron chi connectivity index (χ4n) is 2.49. The van der Waals surface area contributed by atoms with Gasteiger partial charge in [-0.1, -0.05) is 0 Å². The van der Waals surface area contributed by atoms with Crippen molar-refractivity contribution in [3.63, 3.8) is 0 Å². The molecule has 2 heterocycles. The van der Waals surface area contributed by atoms with Crippen LogP contribution in [0.3, 0.4) is 0 Å². The minimum Gasteiger partial charge on any atom is -0.497 e. The second-order valence-electron chi connectivity index (χ2n) is 5.53. The lowest BCUT2D eigenvalue weighted by atomic mass is 10.1. The van der Waals surface area contributed by atoms with Crippen molar-refractivity contribution in [2.24, 2.45) is 0 Å². The van der Waals surface area contributed by atoms with Crippen molar-refractivity contribution >= 4 is 38.2 Å². The van der Waals surface area contributed by atoms with E-state index in [1.165, 1.54) is 13.1 Å². The van der Waals surface area contributed by atoms with E-state index >= 15 is 0 Å². The van der Waals surface area contributed by atoms with E-state index in [0.717, 1.165) is 27.2 Å². The van der Waals surface area contributed by atoms with Crippen molar-refractivity contribution in [1.82, 2.24) is 10.0 Å². The molecule has 0 fully saturated rings. The third-order valence-electron chi connectivity index (χ3n) is 3.94. The molecule has 0 saturated carbocycles. The van der Waals surface area contributed by atoms with Gasteiger partial charge < -0.3 is 14.5 Å². The van der Waals surface area contributed by atoms with Gasteiger partial charge in [0.05, 0.1) is 13.7 Å². The van der Waals surface area contributed by atoms with E-state index in [1.54, 1.807) is 25.3 Å². The lowest BCUT2D eigenvalue weighted by Crippen LogP contribution is -2.22. The fourth-order valence-corrected chi connectivity index (χ4v) is 4.62. The van der Waals surface area contributed by atoms with Crippen LogP contribution in [0.25, 0.3) is 11.0 Å². The maximum absolute atomic E-state index is 12.5. The zero-order chi connectivity index (χ0) is 18.9. The number of fused-ring (bicyclic) bond motifs is 1. The smallest absolute Gasteiger partial charge is 0.287 e. The number of furan rings is 1. The third-order valence-corrected chi connectivity index (χ3v) is 6.93. The summed E-state index contributed by atoms with van der Waals surface area (Å²) < 4.78 is 36.8. The Hall–Kier alpha value is -2.36. The van der Waals surface area contributed by atoms with Gasteiger partial charge in [-0.25, -0.2) is 13.1 Å². The maximum Gasteiger partial charge on any atom is 0.287 e. The summed E-state index contributed by atoms with van der Waals surface area (Å²) in [5.41, 5.74) is 1.33. The van der Waals surface area contributed by atoms with Crippen molar-refractivity contribution in [2.45, 2.75) is 17.7 Å². The quantitative estimate of drug-likeness (QED) is 0.670. The molecule has 3 rings (SSSR count). The van der Waals surface area contributed by atoms with Crippen LogP contribution in [0.4, 0.5) is 0 Å². The number of nitrogens with one attached hydrogen (secondary N) is 2. The molecule has 26 heavy (non-hydrogen) atoms. The molecule has 1 amide bonds. The Morgan fingerprint density at radius 3 is 2.73 bits per heavy atom. The van der Waals surface area contributed by atoms with E-state index < -0.39 is 10.0 Å². The minimum absolute atomic E-state index is 0.205. The van der Waals surface area contributed by atoms with Crippen LogP contribution < -0.4 is 14.8 Å². The van der Waals surface area contributed by atoms with Gasteiger partial charge in [-0.2, -0.15) is 0 Å². The topological polar surface area (TPSA) is 97.6 Å². The monoisotopic (exact) mass is 394 g/mol. The first-order valence-electron chi connectivity index (χ1n) is 7.73. The zero-order valence-electron chi connectivity index (χ0n) is 14.5. The predicted octanol–water partition coefficient (Wildman–Crippen LogP) is 2.65. The second-order valence-corrected chi connectivity index (χ2v) is 8.81. The summed E-state index contributed by atoms with van der Waals surface area (Å²) in [5.74, 6) is 0.558. The van der Waals surface area contributed by atoms with E-state index in [2.05, 4.69) is 10.0 Å². The fraction of sp³-hybridized carbons (Fsp3) is 0.235. The largest absolute Gasteiger partial charge is 0.497 e. The molecule has 0 unspecified atom stereocenters. The number of benzene rings is 1. The van der Waals surface area contributed by atoms with Crippen LogP contribution in [0.15, 0.2) is 39.0 Å². The van der Waals surface area contributed by atoms with E-state index in [-0.39, 0.29) is 22.4 Å². The number of amides is 1. The number of ether oxygens (including phenoxy) is 1. The number of rotatable bonds is 6. The molecule has 1 aromatic carbocycles. The number of hydrogen-bond donors (Lipinski definition) is 2. The van der Waals surface area contributed by atoms with Crippen LogP contribution in [0.2, 0.25) is 0 Å². The third kappa shape index (κ3) is 3.46. The van der Waals surface area contributed by atoms with Gasteiger partial charge in [0.2, 0.25) is 10.0 Å². The summed E-state index contributed by atoms with van der Waals surface area (Å²) in [6.07, 6.45) is 0. The highest BCUT2D eigenvalue weighted by Crippen LogP contribution is 2.29. The summed E-state index contributed by atoms with van der Waals surface area (Å²) in [6.45, 7) is 2.02. The van der Waals surface area contributed by atoms with Gasteiger partial charge >= 0.3 is 0 Å². The van der Waals surface area contributed by atoms with E-state index in [9.17, 15) is 13.2 Å². The van der Waals surface area contributed by atoms with Crippen LogP contribution in [-0.4, -0.2) is 28.5 Å². The molecule has 3 aromatic rings. The lowest BCUT2D eigenvalue weighted by molar-refractivity contribution is 0.0925. The predicted molar refractivity (Wildman–Crippen MR) is 99.2 cm³/mol. The SMILES string of the molecule is CNS(=O)(=O)c1ccc(CNC(=O)c2oc3ccc(OC)cc3c2C)s1. The highest BCUT2D eigenvalue weighted by Gasteiger charge is 2.19. The lowest BCUT2D eigenvalue weighted by Gasteiger charge is -2.02. The summed E-state index contributed by atoms with van der Waals surface area (Å²) in [4.78, 5) is 13.2.